The van der Waals surface area contributed by atoms with E-state index in [9.17, 15) is 9.59 Å². The molecule has 5 nitrogen and oxygen atoms in total. The first-order valence-electron chi connectivity index (χ1n) is 9.84. The van der Waals surface area contributed by atoms with Crippen molar-refractivity contribution < 1.29 is 4.79 Å². The topological polar surface area (TPSA) is 55.2 Å². The first-order chi connectivity index (χ1) is 13.5. The maximum atomic E-state index is 12.9. The van der Waals surface area contributed by atoms with Gasteiger partial charge in [-0.3, -0.25) is 14.2 Å². The highest BCUT2D eigenvalue weighted by atomic mass is 32.1. The van der Waals surface area contributed by atoms with Crippen molar-refractivity contribution >= 4 is 27.5 Å². The molecule has 0 N–H and O–H groups in total. The van der Waals surface area contributed by atoms with Gasteiger partial charge in [-0.2, -0.15) is 0 Å². The lowest BCUT2D eigenvalue weighted by Gasteiger charge is -2.27. The molecular formula is C22H25N3O2S. The summed E-state index contributed by atoms with van der Waals surface area (Å²) in [5.74, 6) is 0.571. The van der Waals surface area contributed by atoms with Crippen molar-refractivity contribution in [3.8, 4) is 0 Å². The number of aromatic nitrogens is 2. The van der Waals surface area contributed by atoms with Crippen molar-refractivity contribution in [2.24, 2.45) is 5.92 Å². The number of thiophene rings is 1. The molecule has 0 saturated carbocycles. The zero-order chi connectivity index (χ0) is 19.7. The van der Waals surface area contributed by atoms with Gasteiger partial charge in [0.05, 0.1) is 18.3 Å². The summed E-state index contributed by atoms with van der Waals surface area (Å²) in [7, 11) is 0. The van der Waals surface area contributed by atoms with Gasteiger partial charge in [0.25, 0.3) is 5.56 Å². The Labute approximate surface area is 168 Å². The molecule has 0 spiro atoms. The van der Waals surface area contributed by atoms with Crippen LogP contribution >= 0.6 is 11.3 Å². The normalized spacial score (nSPS) is 13.9. The van der Waals surface area contributed by atoms with E-state index < -0.39 is 0 Å². The second kappa shape index (κ2) is 7.87. The predicted octanol–water partition coefficient (Wildman–Crippen LogP) is 3.63. The molecule has 1 aromatic carbocycles. The van der Waals surface area contributed by atoms with Gasteiger partial charge in [0.1, 0.15) is 4.83 Å². The van der Waals surface area contributed by atoms with Crippen LogP contribution in [0, 0.1) is 5.92 Å². The average Bonchev–Trinajstić information content (AvgIpc) is 3.07. The first-order valence-corrected chi connectivity index (χ1v) is 10.7. The third-order valence-corrected chi connectivity index (χ3v) is 6.34. The van der Waals surface area contributed by atoms with Crippen LogP contribution in [0.1, 0.15) is 36.3 Å². The zero-order valence-electron chi connectivity index (χ0n) is 16.4. The number of fused-ring (bicyclic) bond motifs is 3. The highest BCUT2D eigenvalue weighted by Gasteiger charge is 2.26. The number of rotatable bonds is 5. The fraction of sp³-hybridized carbons (Fsp3) is 0.409. The molecule has 1 amide bonds. The van der Waals surface area contributed by atoms with Crippen molar-refractivity contribution in [1.29, 1.82) is 0 Å². The summed E-state index contributed by atoms with van der Waals surface area (Å²) in [6, 6.07) is 10.1. The highest BCUT2D eigenvalue weighted by molar-refractivity contribution is 7.18. The van der Waals surface area contributed by atoms with Gasteiger partial charge in [0, 0.05) is 24.4 Å². The van der Waals surface area contributed by atoms with Crippen molar-refractivity contribution in [3.63, 3.8) is 0 Å². The van der Waals surface area contributed by atoms with Crippen LogP contribution in [0.25, 0.3) is 10.2 Å². The molecule has 0 saturated heterocycles. The number of carbonyl (C=O) groups excluding carboxylic acids is 1. The first kappa shape index (κ1) is 18.9. The smallest absolute Gasteiger partial charge is 0.262 e. The number of amides is 1. The molecule has 1 aliphatic rings. The maximum Gasteiger partial charge on any atom is 0.262 e. The second-order valence-electron chi connectivity index (χ2n) is 7.83. The maximum absolute atomic E-state index is 12.9. The number of aryl methyl sites for hydroxylation is 1. The molecule has 4 rings (SSSR count). The summed E-state index contributed by atoms with van der Waals surface area (Å²) in [6.07, 6.45) is 3.67. The Bertz CT molecular complexity index is 1050. The molecule has 0 unspecified atom stereocenters. The molecule has 146 valence electrons. The standard InChI is InChI=1S/C22H25N3O2S/c1-15(2)12-25-14-23-21-20(22(25)27)17-10-11-24(13-18(17)28-21)19(26)9-8-16-6-4-3-5-7-16/h3-7,14-15H,8-13H2,1-2H3. The summed E-state index contributed by atoms with van der Waals surface area (Å²) in [5.41, 5.74) is 2.34. The number of hydrogen-bond donors (Lipinski definition) is 0. The predicted molar refractivity (Wildman–Crippen MR) is 113 cm³/mol. The van der Waals surface area contributed by atoms with E-state index in [4.69, 9.17) is 0 Å². The second-order valence-corrected chi connectivity index (χ2v) is 8.91. The van der Waals surface area contributed by atoms with Gasteiger partial charge in [0.2, 0.25) is 5.91 Å². The van der Waals surface area contributed by atoms with E-state index in [0.717, 1.165) is 33.5 Å². The summed E-state index contributed by atoms with van der Waals surface area (Å²) in [6.45, 7) is 6.13. The van der Waals surface area contributed by atoms with Crippen molar-refractivity contribution in [1.82, 2.24) is 14.5 Å². The Morgan fingerprint density at radius 2 is 2.04 bits per heavy atom. The Morgan fingerprint density at radius 1 is 1.25 bits per heavy atom. The van der Waals surface area contributed by atoms with Crippen molar-refractivity contribution in [3.05, 3.63) is 63.0 Å². The van der Waals surface area contributed by atoms with Gasteiger partial charge in [-0.25, -0.2) is 4.98 Å². The van der Waals surface area contributed by atoms with Gasteiger partial charge in [-0.15, -0.1) is 11.3 Å². The molecule has 6 heteroatoms. The summed E-state index contributed by atoms with van der Waals surface area (Å²) in [4.78, 5) is 34.0. The molecule has 2 aromatic heterocycles. The van der Waals surface area contributed by atoms with E-state index in [0.29, 0.717) is 32.0 Å². The van der Waals surface area contributed by atoms with Gasteiger partial charge >= 0.3 is 0 Å². The van der Waals surface area contributed by atoms with Crippen LogP contribution in [-0.2, 0) is 30.7 Å². The lowest BCUT2D eigenvalue weighted by atomic mass is 10.0. The minimum atomic E-state index is 0.0556. The molecule has 3 heterocycles. The van der Waals surface area contributed by atoms with E-state index >= 15 is 0 Å². The molecule has 0 radical (unpaired) electrons. The number of carbonyl (C=O) groups is 1. The Kier molecular flexibility index (Phi) is 5.31. The molecular weight excluding hydrogens is 370 g/mol. The van der Waals surface area contributed by atoms with Crippen LogP contribution in [-0.4, -0.2) is 26.9 Å². The molecule has 1 aliphatic heterocycles. The quantitative estimate of drug-likeness (QED) is 0.663. The average molecular weight is 396 g/mol. The summed E-state index contributed by atoms with van der Waals surface area (Å²) in [5, 5.41) is 0.763. The summed E-state index contributed by atoms with van der Waals surface area (Å²) < 4.78 is 1.72. The SMILES string of the molecule is CC(C)Cn1cnc2sc3c(c2c1=O)CCN(C(=O)CCc1ccccc1)C3. The molecule has 0 aliphatic carbocycles. The van der Waals surface area contributed by atoms with Gasteiger partial charge < -0.3 is 4.90 Å². The largest absolute Gasteiger partial charge is 0.337 e. The number of benzene rings is 1. The number of nitrogens with zero attached hydrogens (tertiary/aromatic N) is 3. The van der Waals surface area contributed by atoms with Crippen LogP contribution in [0.2, 0.25) is 0 Å². The van der Waals surface area contributed by atoms with E-state index in [1.165, 1.54) is 5.56 Å². The van der Waals surface area contributed by atoms with Crippen LogP contribution in [0.3, 0.4) is 0 Å². The van der Waals surface area contributed by atoms with Crippen molar-refractivity contribution in [2.45, 2.75) is 46.2 Å². The highest BCUT2D eigenvalue weighted by Crippen LogP contribution is 2.32. The van der Waals surface area contributed by atoms with E-state index in [1.807, 2.05) is 23.1 Å². The molecule has 28 heavy (non-hydrogen) atoms. The third-order valence-electron chi connectivity index (χ3n) is 5.21. The molecule has 0 fully saturated rings. The Balaban J connectivity index is 1.52. The van der Waals surface area contributed by atoms with Crippen LogP contribution in [0.5, 0.6) is 0 Å². The summed E-state index contributed by atoms with van der Waals surface area (Å²) >= 11 is 1.56. The molecule has 3 aromatic rings. The van der Waals surface area contributed by atoms with E-state index in [-0.39, 0.29) is 11.5 Å². The minimum Gasteiger partial charge on any atom is -0.337 e. The van der Waals surface area contributed by atoms with Gasteiger partial charge in [-0.1, -0.05) is 44.2 Å². The van der Waals surface area contributed by atoms with Gasteiger partial charge in [-0.05, 0) is 29.9 Å². The zero-order valence-corrected chi connectivity index (χ0v) is 17.2. The van der Waals surface area contributed by atoms with Crippen LogP contribution in [0.4, 0.5) is 0 Å². The van der Waals surface area contributed by atoms with E-state index in [1.54, 1.807) is 22.2 Å². The Hall–Kier alpha value is -2.47. The monoisotopic (exact) mass is 395 g/mol. The van der Waals surface area contributed by atoms with Crippen molar-refractivity contribution in [2.75, 3.05) is 6.54 Å². The number of hydrogen-bond acceptors (Lipinski definition) is 4. The van der Waals surface area contributed by atoms with Gasteiger partial charge in [0.15, 0.2) is 0 Å². The van der Waals surface area contributed by atoms with E-state index in [2.05, 4.69) is 31.0 Å². The fourth-order valence-electron chi connectivity index (χ4n) is 3.81. The van der Waals surface area contributed by atoms with Crippen LogP contribution in [0.15, 0.2) is 41.5 Å². The van der Waals surface area contributed by atoms with Crippen LogP contribution < -0.4 is 5.56 Å². The third kappa shape index (κ3) is 3.74. The fourth-order valence-corrected chi connectivity index (χ4v) is 5.00. The molecule has 0 atom stereocenters. The minimum absolute atomic E-state index is 0.0556. The Morgan fingerprint density at radius 3 is 2.79 bits per heavy atom. The molecule has 0 bridgehead atoms. The lowest BCUT2D eigenvalue weighted by molar-refractivity contribution is -0.132. The lowest BCUT2D eigenvalue weighted by Crippen LogP contribution is -2.35.